The highest BCUT2D eigenvalue weighted by atomic mass is 35.5. The van der Waals surface area contributed by atoms with E-state index in [-0.39, 0.29) is 34.5 Å². The van der Waals surface area contributed by atoms with Gasteiger partial charge in [0.25, 0.3) is 11.6 Å². The van der Waals surface area contributed by atoms with Crippen molar-refractivity contribution in [3.8, 4) is 6.07 Å². The number of nitriles is 1. The van der Waals surface area contributed by atoms with E-state index < -0.39 is 35.0 Å². The van der Waals surface area contributed by atoms with Gasteiger partial charge in [0.2, 0.25) is 0 Å². The molecule has 178 valence electrons. The Kier molecular flexibility index (Phi) is 5.14. The van der Waals surface area contributed by atoms with Crippen LogP contribution in [0.1, 0.15) is 23.1 Å². The second-order valence-corrected chi connectivity index (χ2v) is 9.17. The average molecular weight is 495 g/mol. The molecule has 0 aromatic heterocycles. The van der Waals surface area contributed by atoms with Crippen LogP contribution in [0.25, 0.3) is 0 Å². The normalized spacial score (nSPS) is 22.5. The Morgan fingerprint density at radius 3 is 2.69 bits per heavy atom. The first-order chi connectivity index (χ1) is 16.6. The number of amides is 5. The molecule has 1 unspecified atom stereocenters. The van der Waals surface area contributed by atoms with Crippen LogP contribution in [0.3, 0.4) is 0 Å². The van der Waals surface area contributed by atoms with Gasteiger partial charge in [-0.05, 0) is 44.0 Å². The van der Waals surface area contributed by atoms with Crippen molar-refractivity contribution >= 4 is 46.6 Å². The number of urea groups is 2. The molecule has 3 atom stereocenters. The Morgan fingerprint density at radius 2 is 2.00 bits per heavy atom. The van der Waals surface area contributed by atoms with E-state index in [1.54, 1.807) is 26.0 Å². The predicted octanol–water partition coefficient (Wildman–Crippen LogP) is 3.56. The quantitative estimate of drug-likeness (QED) is 0.393. The molecular weight excluding hydrogens is 476 g/mol. The number of rotatable bonds is 3. The van der Waals surface area contributed by atoms with Crippen LogP contribution in [0.15, 0.2) is 30.3 Å². The van der Waals surface area contributed by atoms with E-state index >= 15 is 0 Å². The van der Waals surface area contributed by atoms with Crippen LogP contribution in [0.4, 0.5) is 26.7 Å². The first-order valence-corrected chi connectivity index (χ1v) is 11.2. The summed E-state index contributed by atoms with van der Waals surface area (Å²) >= 11 is 6.26. The molecule has 3 aliphatic heterocycles. The molecule has 0 aliphatic carbocycles. The summed E-state index contributed by atoms with van der Waals surface area (Å²) in [5.41, 5.74) is 1.62. The van der Waals surface area contributed by atoms with Gasteiger partial charge in [-0.3, -0.25) is 14.9 Å². The van der Waals surface area contributed by atoms with Crippen LogP contribution in [-0.4, -0.2) is 57.4 Å². The minimum atomic E-state index is -0.840. The van der Waals surface area contributed by atoms with Gasteiger partial charge in [0.05, 0.1) is 33.3 Å². The number of imide groups is 1. The molecule has 2 aromatic rings. The second kappa shape index (κ2) is 7.95. The highest BCUT2D eigenvalue weighted by Gasteiger charge is 2.63. The van der Waals surface area contributed by atoms with E-state index in [9.17, 15) is 29.8 Å². The fourth-order valence-electron chi connectivity index (χ4n) is 5.19. The maximum absolute atomic E-state index is 13.4. The number of hydrogen-bond acceptors (Lipinski definition) is 6. The maximum atomic E-state index is 13.4. The van der Waals surface area contributed by atoms with Gasteiger partial charge in [0.1, 0.15) is 12.1 Å². The first-order valence-electron chi connectivity index (χ1n) is 10.8. The number of benzene rings is 2. The van der Waals surface area contributed by atoms with Gasteiger partial charge < -0.3 is 15.1 Å². The van der Waals surface area contributed by atoms with Crippen molar-refractivity contribution in [1.82, 2.24) is 9.80 Å². The van der Waals surface area contributed by atoms with Gasteiger partial charge >= 0.3 is 12.1 Å². The summed E-state index contributed by atoms with van der Waals surface area (Å²) in [6.07, 6.45) is 0.463. The molecule has 35 heavy (non-hydrogen) atoms. The number of piperazine rings is 1. The predicted molar refractivity (Wildman–Crippen MR) is 125 cm³/mol. The summed E-state index contributed by atoms with van der Waals surface area (Å²) in [5, 5.41) is 23.3. The van der Waals surface area contributed by atoms with Gasteiger partial charge in [-0.25, -0.2) is 14.5 Å². The van der Waals surface area contributed by atoms with Crippen molar-refractivity contribution < 1.29 is 19.3 Å². The number of carbonyl (C=O) groups excluding carboxylic acids is 3. The van der Waals surface area contributed by atoms with E-state index in [1.165, 1.54) is 28.0 Å². The largest absolute Gasteiger partial charge is 0.332 e. The molecule has 3 heterocycles. The van der Waals surface area contributed by atoms with Crippen molar-refractivity contribution in [2.45, 2.75) is 38.4 Å². The lowest BCUT2D eigenvalue weighted by atomic mass is 10.1. The van der Waals surface area contributed by atoms with Crippen LogP contribution < -0.4 is 10.2 Å². The summed E-state index contributed by atoms with van der Waals surface area (Å²) in [7, 11) is 0. The molecule has 0 saturated carbocycles. The molecule has 1 N–H and O–H groups in total. The Morgan fingerprint density at radius 1 is 1.26 bits per heavy atom. The van der Waals surface area contributed by atoms with Crippen LogP contribution in [0, 0.1) is 35.3 Å². The van der Waals surface area contributed by atoms with E-state index in [0.29, 0.717) is 23.2 Å². The number of hydrogen-bond donors (Lipinski definition) is 1. The van der Waals surface area contributed by atoms with Gasteiger partial charge in [-0.15, -0.1) is 0 Å². The number of nitrogens with zero attached hydrogens (tertiary/aromatic N) is 5. The number of nitro benzene ring substituents is 1. The lowest BCUT2D eigenvalue weighted by Crippen LogP contribution is -2.55. The monoisotopic (exact) mass is 494 g/mol. The zero-order valence-corrected chi connectivity index (χ0v) is 19.4. The van der Waals surface area contributed by atoms with Crippen molar-refractivity contribution in [1.29, 1.82) is 5.26 Å². The Bertz CT molecular complexity index is 1370. The molecular formula is C23H19ClN6O5. The van der Waals surface area contributed by atoms with Crippen molar-refractivity contribution in [3.05, 3.63) is 62.2 Å². The maximum Gasteiger partial charge on any atom is 0.332 e. The first kappa shape index (κ1) is 22.6. The summed E-state index contributed by atoms with van der Waals surface area (Å²) in [6, 6.07) is 6.69. The lowest BCUT2D eigenvalue weighted by molar-refractivity contribution is -0.385. The number of nitrogens with one attached hydrogen (secondary N) is 1. The summed E-state index contributed by atoms with van der Waals surface area (Å²) in [6.45, 7) is 3.48. The molecule has 2 aromatic carbocycles. The average Bonchev–Trinajstić information content (AvgIpc) is 3.48. The second-order valence-electron chi connectivity index (χ2n) is 8.79. The minimum absolute atomic E-state index is 0.111. The van der Waals surface area contributed by atoms with Crippen molar-refractivity contribution in [2.75, 3.05) is 16.8 Å². The number of carbonyl (C=O) groups is 3. The summed E-state index contributed by atoms with van der Waals surface area (Å²) in [5.74, 6) is -0.463. The highest BCUT2D eigenvalue weighted by Crippen LogP contribution is 2.43. The van der Waals surface area contributed by atoms with E-state index in [4.69, 9.17) is 11.6 Å². The van der Waals surface area contributed by atoms with Crippen LogP contribution in [-0.2, 0) is 4.79 Å². The third kappa shape index (κ3) is 3.29. The van der Waals surface area contributed by atoms with E-state index in [0.717, 1.165) is 4.90 Å². The Hall–Kier alpha value is -4.17. The number of halogens is 1. The molecule has 0 spiro atoms. The van der Waals surface area contributed by atoms with Crippen molar-refractivity contribution in [2.24, 2.45) is 0 Å². The SMILES string of the molecule is Cc1ccc(NC(=O)N2C[C@H]3CC2[C@H]2C(=O)N(c4ccc(C#N)c(Cl)c4C)C(=O)N32)cc1[N+](=O)[O-]. The molecule has 12 heteroatoms. The summed E-state index contributed by atoms with van der Waals surface area (Å²) < 4.78 is 0. The van der Waals surface area contributed by atoms with Gasteiger partial charge in [-0.1, -0.05) is 17.7 Å². The molecule has 3 saturated heterocycles. The van der Waals surface area contributed by atoms with E-state index in [1.807, 2.05) is 6.07 Å². The topological polar surface area (TPSA) is 140 Å². The Labute approximate surface area is 204 Å². The fraction of sp³-hybridized carbons (Fsp3) is 0.304. The van der Waals surface area contributed by atoms with Crippen LogP contribution in [0.5, 0.6) is 0 Å². The number of nitro groups is 1. The number of fused-ring (bicyclic) bond motifs is 5. The minimum Gasteiger partial charge on any atom is -0.317 e. The van der Waals surface area contributed by atoms with Gasteiger partial charge in [-0.2, -0.15) is 5.26 Å². The molecule has 5 amide bonds. The molecule has 11 nitrogen and oxygen atoms in total. The fourth-order valence-corrected chi connectivity index (χ4v) is 5.40. The third-order valence-electron chi connectivity index (χ3n) is 6.90. The van der Waals surface area contributed by atoms with Crippen LogP contribution >= 0.6 is 11.6 Å². The Balaban J connectivity index is 1.39. The van der Waals surface area contributed by atoms with Gasteiger partial charge in [0.15, 0.2) is 0 Å². The molecule has 2 bridgehead atoms. The highest BCUT2D eigenvalue weighted by molar-refractivity contribution is 6.33. The molecule has 5 rings (SSSR count). The van der Waals surface area contributed by atoms with E-state index in [2.05, 4.69) is 5.32 Å². The number of anilines is 2. The summed E-state index contributed by atoms with van der Waals surface area (Å²) in [4.78, 5) is 54.5. The molecule has 3 aliphatic rings. The van der Waals surface area contributed by atoms with Crippen LogP contribution in [0.2, 0.25) is 5.02 Å². The lowest BCUT2D eigenvalue weighted by Gasteiger charge is -2.34. The zero-order chi connectivity index (χ0) is 25.2. The zero-order valence-electron chi connectivity index (χ0n) is 18.7. The molecule has 0 radical (unpaired) electrons. The van der Waals surface area contributed by atoms with Crippen molar-refractivity contribution in [3.63, 3.8) is 0 Å². The van der Waals surface area contributed by atoms with Gasteiger partial charge in [0, 0.05) is 23.9 Å². The standard InChI is InChI=1S/C23H19ClN6O5/c1-11-3-5-14(7-17(11)30(34)35)26-22(32)27-10-15-8-18(27)20-21(31)29(23(33)28(15)20)16-6-4-13(9-25)19(24)12(16)2/h3-7,15,18,20H,8,10H2,1-2H3,(H,26,32)/t15-,18?,20+/m1/s1. The number of likely N-dealkylation sites (tertiary alicyclic amines) is 1. The third-order valence-corrected chi connectivity index (χ3v) is 7.39. The number of aryl methyl sites for hydroxylation is 1. The molecule has 3 fully saturated rings. The smallest absolute Gasteiger partial charge is 0.317 e.